The number of hydrogen-bond acceptors (Lipinski definition) is 4. The van der Waals surface area contributed by atoms with Crippen LogP contribution in [0.25, 0.3) is 0 Å². The average molecular weight is 489 g/mol. The molecule has 2 aromatic rings. The van der Waals surface area contributed by atoms with E-state index in [1.54, 1.807) is 18.4 Å². The highest BCUT2D eigenvalue weighted by Crippen LogP contribution is 2.26. The number of methoxy groups -OCH3 is 1. The quantitative estimate of drug-likeness (QED) is 0.319. The van der Waals surface area contributed by atoms with Gasteiger partial charge in [0.15, 0.2) is 17.5 Å². The van der Waals surface area contributed by atoms with Crippen molar-refractivity contribution in [2.24, 2.45) is 4.99 Å². The van der Waals surface area contributed by atoms with Gasteiger partial charge >= 0.3 is 0 Å². The SMILES string of the molecule is CCNC(=NCC(C)Oc1ccccc1OC)NCCc1cccs1.I. The Balaban J connectivity index is 0.00000338. The zero-order valence-corrected chi connectivity index (χ0v) is 18.7. The fraction of sp³-hybridized carbons (Fsp3) is 0.421. The second-order valence-corrected chi connectivity index (χ2v) is 6.59. The molecular formula is C19H28IN3O2S. The molecule has 2 N–H and O–H groups in total. The van der Waals surface area contributed by atoms with Crippen molar-refractivity contribution in [1.82, 2.24) is 10.6 Å². The van der Waals surface area contributed by atoms with Crippen molar-refractivity contribution in [3.8, 4) is 11.5 Å². The minimum atomic E-state index is -0.0518. The van der Waals surface area contributed by atoms with E-state index in [1.165, 1.54) is 4.88 Å². The number of thiophene rings is 1. The molecule has 0 spiro atoms. The average Bonchev–Trinajstić information content (AvgIpc) is 3.13. The molecular weight excluding hydrogens is 461 g/mol. The van der Waals surface area contributed by atoms with E-state index >= 15 is 0 Å². The molecule has 0 radical (unpaired) electrons. The smallest absolute Gasteiger partial charge is 0.191 e. The number of hydrogen-bond donors (Lipinski definition) is 2. The minimum Gasteiger partial charge on any atom is -0.493 e. The number of ether oxygens (including phenoxy) is 2. The van der Waals surface area contributed by atoms with E-state index in [2.05, 4.69) is 40.1 Å². The molecule has 0 aliphatic heterocycles. The fourth-order valence-corrected chi connectivity index (χ4v) is 3.00. The molecule has 0 saturated heterocycles. The van der Waals surface area contributed by atoms with Gasteiger partial charge in [0.2, 0.25) is 0 Å². The molecule has 0 saturated carbocycles. The summed E-state index contributed by atoms with van der Waals surface area (Å²) in [5, 5.41) is 8.74. The highest BCUT2D eigenvalue weighted by atomic mass is 127. The molecule has 144 valence electrons. The molecule has 1 atom stereocenters. The van der Waals surface area contributed by atoms with Crippen LogP contribution in [0, 0.1) is 0 Å². The Kier molecular flexibility index (Phi) is 11.1. The van der Waals surface area contributed by atoms with Crippen LogP contribution in [0.5, 0.6) is 11.5 Å². The number of rotatable bonds is 9. The molecule has 0 bridgehead atoms. The number of aliphatic imine (C=N–C) groups is 1. The standard InChI is InChI=1S/C19H27N3O2S.HI/c1-4-20-19(21-12-11-16-8-7-13-25-16)22-14-15(2)24-18-10-6-5-9-17(18)23-3;/h5-10,13,15H,4,11-12,14H2,1-3H3,(H2,20,21,22);1H. The van der Waals surface area contributed by atoms with Gasteiger partial charge in [-0.25, -0.2) is 4.99 Å². The van der Waals surface area contributed by atoms with E-state index in [9.17, 15) is 0 Å². The molecule has 2 rings (SSSR count). The van der Waals surface area contributed by atoms with Crippen molar-refractivity contribution >= 4 is 41.3 Å². The summed E-state index contributed by atoms with van der Waals surface area (Å²) in [7, 11) is 1.64. The van der Waals surface area contributed by atoms with Gasteiger partial charge in [0.25, 0.3) is 0 Å². The van der Waals surface area contributed by atoms with Crippen molar-refractivity contribution in [3.05, 3.63) is 46.7 Å². The first-order valence-corrected chi connectivity index (χ1v) is 9.45. The first-order chi connectivity index (χ1) is 12.2. The van der Waals surface area contributed by atoms with Gasteiger partial charge in [-0.05, 0) is 43.8 Å². The molecule has 1 heterocycles. The van der Waals surface area contributed by atoms with Crippen LogP contribution in [0.3, 0.4) is 0 Å². The number of nitrogens with zero attached hydrogens (tertiary/aromatic N) is 1. The topological polar surface area (TPSA) is 54.9 Å². The van der Waals surface area contributed by atoms with Crippen LogP contribution in [0.2, 0.25) is 0 Å². The lowest BCUT2D eigenvalue weighted by Gasteiger charge is -2.16. The molecule has 0 aliphatic rings. The van der Waals surface area contributed by atoms with E-state index < -0.39 is 0 Å². The van der Waals surface area contributed by atoms with Crippen molar-refractivity contribution in [2.45, 2.75) is 26.4 Å². The maximum Gasteiger partial charge on any atom is 0.191 e. The Morgan fingerprint density at radius 3 is 2.58 bits per heavy atom. The Hall–Kier alpha value is -1.48. The van der Waals surface area contributed by atoms with E-state index in [4.69, 9.17) is 9.47 Å². The van der Waals surface area contributed by atoms with E-state index in [0.29, 0.717) is 6.54 Å². The molecule has 0 aliphatic carbocycles. The summed E-state index contributed by atoms with van der Waals surface area (Å²) in [4.78, 5) is 5.99. The second kappa shape index (κ2) is 12.8. The van der Waals surface area contributed by atoms with Crippen molar-refractivity contribution in [1.29, 1.82) is 0 Å². The monoisotopic (exact) mass is 489 g/mol. The largest absolute Gasteiger partial charge is 0.493 e. The van der Waals surface area contributed by atoms with Crippen LogP contribution in [0.15, 0.2) is 46.8 Å². The number of halogens is 1. The van der Waals surface area contributed by atoms with Crippen LogP contribution in [-0.4, -0.2) is 38.8 Å². The van der Waals surface area contributed by atoms with Crippen LogP contribution >= 0.6 is 35.3 Å². The summed E-state index contributed by atoms with van der Waals surface area (Å²) in [6.07, 6.45) is 0.944. The van der Waals surface area contributed by atoms with Gasteiger partial charge < -0.3 is 20.1 Å². The summed E-state index contributed by atoms with van der Waals surface area (Å²) >= 11 is 1.78. The Bertz CT molecular complexity index is 650. The predicted octanol–water partition coefficient (Wildman–Crippen LogP) is 3.94. The second-order valence-electron chi connectivity index (χ2n) is 5.56. The van der Waals surface area contributed by atoms with Crippen LogP contribution in [0.1, 0.15) is 18.7 Å². The number of para-hydroxylation sites is 2. The Morgan fingerprint density at radius 2 is 1.92 bits per heavy atom. The maximum atomic E-state index is 5.94. The molecule has 1 unspecified atom stereocenters. The van der Waals surface area contributed by atoms with E-state index in [-0.39, 0.29) is 30.1 Å². The lowest BCUT2D eigenvalue weighted by Crippen LogP contribution is -2.39. The van der Waals surface area contributed by atoms with Crippen LogP contribution in [-0.2, 0) is 6.42 Å². The third kappa shape index (κ3) is 7.82. The molecule has 1 aromatic carbocycles. The highest BCUT2D eigenvalue weighted by molar-refractivity contribution is 14.0. The van der Waals surface area contributed by atoms with Crippen molar-refractivity contribution < 1.29 is 9.47 Å². The zero-order chi connectivity index (χ0) is 17.9. The Labute approximate surface area is 177 Å². The molecule has 1 aromatic heterocycles. The first-order valence-electron chi connectivity index (χ1n) is 8.57. The highest BCUT2D eigenvalue weighted by Gasteiger charge is 2.08. The summed E-state index contributed by atoms with van der Waals surface area (Å²) < 4.78 is 11.3. The fourth-order valence-electron chi connectivity index (χ4n) is 2.29. The summed E-state index contributed by atoms with van der Waals surface area (Å²) in [5.41, 5.74) is 0. The van der Waals surface area contributed by atoms with Gasteiger partial charge in [0.1, 0.15) is 6.10 Å². The normalized spacial score (nSPS) is 12.0. The van der Waals surface area contributed by atoms with Crippen LogP contribution < -0.4 is 20.1 Å². The predicted molar refractivity (Wildman–Crippen MR) is 121 cm³/mol. The van der Waals surface area contributed by atoms with Gasteiger partial charge in [-0.1, -0.05) is 18.2 Å². The zero-order valence-electron chi connectivity index (χ0n) is 15.5. The minimum absolute atomic E-state index is 0. The third-order valence-corrected chi connectivity index (χ3v) is 4.43. The number of nitrogens with one attached hydrogen (secondary N) is 2. The van der Waals surface area contributed by atoms with Gasteiger partial charge in [0.05, 0.1) is 13.7 Å². The van der Waals surface area contributed by atoms with Gasteiger partial charge in [-0.15, -0.1) is 35.3 Å². The number of benzene rings is 1. The van der Waals surface area contributed by atoms with Gasteiger partial charge in [-0.3, -0.25) is 0 Å². The van der Waals surface area contributed by atoms with Crippen molar-refractivity contribution in [3.63, 3.8) is 0 Å². The number of guanidine groups is 1. The molecule has 0 amide bonds. The lowest BCUT2D eigenvalue weighted by molar-refractivity contribution is 0.219. The summed E-state index contributed by atoms with van der Waals surface area (Å²) in [5.74, 6) is 2.29. The molecule has 26 heavy (non-hydrogen) atoms. The third-order valence-electron chi connectivity index (χ3n) is 3.49. The van der Waals surface area contributed by atoms with E-state index in [1.807, 2.05) is 31.2 Å². The molecule has 7 heteroatoms. The first kappa shape index (κ1) is 22.6. The van der Waals surface area contributed by atoms with Gasteiger partial charge in [-0.2, -0.15) is 0 Å². The molecule has 5 nitrogen and oxygen atoms in total. The maximum absolute atomic E-state index is 5.94. The summed E-state index contributed by atoms with van der Waals surface area (Å²) in [6, 6.07) is 11.9. The van der Waals surface area contributed by atoms with Gasteiger partial charge in [0, 0.05) is 18.0 Å². The summed E-state index contributed by atoms with van der Waals surface area (Å²) in [6.45, 7) is 6.31. The molecule has 0 fully saturated rings. The van der Waals surface area contributed by atoms with Crippen molar-refractivity contribution in [2.75, 3.05) is 26.7 Å². The van der Waals surface area contributed by atoms with E-state index in [0.717, 1.165) is 37.0 Å². The Morgan fingerprint density at radius 1 is 1.15 bits per heavy atom. The lowest BCUT2D eigenvalue weighted by atomic mass is 10.3. The van der Waals surface area contributed by atoms with Crippen LogP contribution in [0.4, 0.5) is 0 Å².